The molecule has 2 aliphatic rings. The van der Waals surface area contributed by atoms with Crippen LogP contribution in [0.2, 0.25) is 5.02 Å². The van der Waals surface area contributed by atoms with E-state index in [0.717, 1.165) is 37.4 Å². The molecule has 0 bridgehead atoms. The van der Waals surface area contributed by atoms with Crippen molar-refractivity contribution in [1.29, 1.82) is 0 Å². The normalized spacial score (nSPS) is 20.0. The van der Waals surface area contributed by atoms with Crippen LogP contribution in [-0.4, -0.2) is 48.2 Å². The second-order valence-corrected chi connectivity index (χ2v) is 7.92. The first-order valence-corrected chi connectivity index (χ1v) is 10.2. The summed E-state index contributed by atoms with van der Waals surface area (Å²) < 4.78 is 5.55. The fourth-order valence-corrected chi connectivity index (χ4v) is 4.35. The molecule has 0 radical (unpaired) electrons. The van der Waals surface area contributed by atoms with Crippen LogP contribution in [0.15, 0.2) is 42.7 Å². The summed E-state index contributed by atoms with van der Waals surface area (Å²) >= 11 is 6.22. The SMILES string of the molecule is O=C(NC1CCN(c2ncccn2)CC1)C1(c2cccc(Cl)c2)CCOCC1. The molecule has 1 aromatic carbocycles. The number of ether oxygens (including phenoxy) is 1. The molecule has 2 aliphatic heterocycles. The van der Waals surface area contributed by atoms with E-state index in [2.05, 4.69) is 20.2 Å². The van der Waals surface area contributed by atoms with Gasteiger partial charge in [0.2, 0.25) is 11.9 Å². The van der Waals surface area contributed by atoms with E-state index in [1.807, 2.05) is 30.3 Å². The Morgan fingerprint density at radius 3 is 2.54 bits per heavy atom. The van der Waals surface area contributed by atoms with Gasteiger partial charge in [-0.15, -0.1) is 0 Å². The van der Waals surface area contributed by atoms with Crippen LogP contribution in [0, 0.1) is 0 Å². The highest BCUT2D eigenvalue weighted by Crippen LogP contribution is 2.36. The first-order valence-electron chi connectivity index (χ1n) is 9.84. The van der Waals surface area contributed by atoms with E-state index < -0.39 is 5.41 Å². The number of nitrogens with zero attached hydrogens (tertiary/aromatic N) is 3. The third kappa shape index (κ3) is 3.98. The molecule has 7 heteroatoms. The smallest absolute Gasteiger partial charge is 0.231 e. The summed E-state index contributed by atoms with van der Waals surface area (Å²) in [7, 11) is 0. The molecule has 2 fully saturated rings. The molecule has 148 valence electrons. The minimum absolute atomic E-state index is 0.0903. The lowest BCUT2D eigenvalue weighted by atomic mass is 9.73. The van der Waals surface area contributed by atoms with E-state index in [9.17, 15) is 4.79 Å². The molecule has 0 aliphatic carbocycles. The molecule has 1 N–H and O–H groups in total. The fraction of sp³-hybridized carbons (Fsp3) is 0.476. The molecule has 4 rings (SSSR count). The number of amides is 1. The summed E-state index contributed by atoms with van der Waals surface area (Å²) in [6.07, 6.45) is 6.64. The number of benzene rings is 1. The average Bonchev–Trinajstić information content (AvgIpc) is 2.75. The number of hydrogen-bond donors (Lipinski definition) is 1. The van der Waals surface area contributed by atoms with Gasteiger partial charge in [0.1, 0.15) is 0 Å². The zero-order valence-corrected chi connectivity index (χ0v) is 16.6. The van der Waals surface area contributed by atoms with Crippen molar-refractivity contribution in [2.75, 3.05) is 31.2 Å². The Labute approximate surface area is 170 Å². The number of carbonyl (C=O) groups is 1. The van der Waals surface area contributed by atoms with E-state index in [4.69, 9.17) is 16.3 Å². The summed E-state index contributed by atoms with van der Waals surface area (Å²) in [5.74, 6) is 0.847. The van der Waals surface area contributed by atoms with Gasteiger partial charge in [-0.25, -0.2) is 9.97 Å². The van der Waals surface area contributed by atoms with E-state index in [1.54, 1.807) is 12.4 Å². The van der Waals surface area contributed by atoms with Crippen LogP contribution in [0.3, 0.4) is 0 Å². The lowest BCUT2D eigenvalue weighted by Crippen LogP contribution is -2.53. The van der Waals surface area contributed by atoms with Crippen LogP contribution >= 0.6 is 11.6 Å². The van der Waals surface area contributed by atoms with Crippen molar-refractivity contribution in [1.82, 2.24) is 15.3 Å². The molecule has 1 aromatic heterocycles. The Kier molecular flexibility index (Phi) is 5.78. The Morgan fingerprint density at radius 2 is 1.86 bits per heavy atom. The van der Waals surface area contributed by atoms with E-state index >= 15 is 0 Å². The minimum Gasteiger partial charge on any atom is -0.381 e. The Bertz CT molecular complexity index is 803. The van der Waals surface area contributed by atoms with Crippen LogP contribution in [0.5, 0.6) is 0 Å². The first kappa shape index (κ1) is 19.2. The molecule has 0 spiro atoms. The van der Waals surface area contributed by atoms with Crippen molar-refractivity contribution >= 4 is 23.5 Å². The van der Waals surface area contributed by atoms with Gasteiger partial charge in [0.15, 0.2) is 0 Å². The third-order valence-electron chi connectivity index (χ3n) is 5.82. The number of hydrogen-bond acceptors (Lipinski definition) is 5. The van der Waals surface area contributed by atoms with Gasteiger partial charge in [0, 0.05) is 49.8 Å². The fourth-order valence-electron chi connectivity index (χ4n) is 4.15. The highest BCUT2D eigenvalue weighted by atomic mass is 35.5. The third-order valence-corrected chi connectivity index (χ3v) is 6.06. The Hall–Kier alpha value is -2.18. The van der Waals surface area contributed by atoms with Gasteiger partial charge in [-0.05, 0) is 49.4 Å². The van der Waals surface area contributed by atoms with Crippen LogP contribution < -0.4 is 10.2 Å². The van der Waals surface area contributed by atoms with Gasteiger partial charge in [-0.2, -0.15) is 0 Å². The van der Waals surface area contributed by atoms with E-state index in [0.29, 0.717) is 31.1 Å². The van der Waals surface area contributed by atoms with E-state index in [1.165, 1.54) is 0 Å². The average molecular weight is 401 g/mol. The van der Waals surface area contributed by atoms with Crippen molar-refractivity contribution in [3.63, 3.8) is 0 Å². The van der Waals surface area contributed by atoms with Crippen molar-refractivity contribution in [2.24, 2.45) is 0 Å². The van der Waals surface area contributed by atoms with Gasteiger partial charge < -0.3 is 15.0 Å². The number of piperidine rings is 1. The van der Waals surface area contributed by atoms with Crippen LogP contribution in [0.4, 0.5) is 5.95 Å². The van der Waals surface area contributed by atoms with Gasteiger partial charge in [-0.3, -0.25) is 4.79 Å². The molecule has 3 heterocycles. The maximum absolute atomic E-state index is 13.4. The predicted molar refractivity (Wildman–Crippen MR) is 109 cm³/mol. The molecule has 0 atom stereocenters. The predicted octanol–water partition coefficient (Wildman–Crippen LogP) is 2.96. The molecule has 2 saturated heterocycles. The summed E-state index contributed by atoms with van der Waals surface area (Å²) in [5.41, 5.74) is 0.416. The summed E-state index contributed by atoms with van der Waals surface area (Å²) in [6, 6.07) is 9.66. The number of carbonyl (C=O) groups excluding carboxylic acids is 1. The minimum atomic E-state index is -0.567. The topological polar surface area (TPSA) is 67.4 Å². The molecule has 28 heavy (non-hydrogen) atoms. The lowest BCUT2D eigenvalue weighted by Gasteiger charge is -2.39. The van der Waals surface area contributed by atoms with Gasteiger partial charge in [-0.1, -0.05) is 23.7 Å². The molecular weight excluding hydrogens is 376 g/mol. The van der Waals surface area contributed by atoms with Crippen molar-refractivity contribution < 1.29 is 9.53 Å². The monoisotopic (exact) mass is 400 g/mol. The van der Waals surface area contributed by atoms with E-state index in [-0.39, 0.29) is 11.9 Å². The first-order chi connectivity index (χ1) is 13.7. The Balaban J connectivity index is 1.44. The quantitative estimate of drug-likeness (QED) is 0.854. The van der Waals surface area contributed by atoms with Crippen molar-refractivity contribution in [3.8, 4) is 0 Å². The molecule has 1 amide bonds. The lowest BCUT2D eigenvalue weighted by molar-refractivity contribution is -0.131. The summed E-state index contributed by atoms with van der Waals surface area (Å²) in [4.78, 5) is 24.2. The number of anilines is 1. The number of rotatable bonds is 4. The number of aromatic nitrogens is 2. The Morgan fingerprint density at radius 1 is 1.14 bits per heavy atom. The second-order valence-electron chi connectivity index (χ2n) is 7.49. The molecule has 2 aromatic rings. The summed E-state index contributed by atoms with van der Waals surface area (Å²) in [6.45, 7) is 2.85. The van der Waals surface area contributed by atoms with Crippen LogP contribution in [-0.2, 0) is 14.9 Å². The highest BCUT2D eigenvalue weighted by molar-refractivity contribution is 6.30. The van der Waals surface area contributed by atoms with Crippen LogP contribution in [0.1, 0.15) is 31.2 Å². The second kappa shape index (κ2) is 8.45. The van der Waals surface area contributed by atoms with Crippen molar-refractivity contribution in [3.05, 3.63) is 53.3 Å². The van der Waals surface area contributed by atoms with Gasteiger partial charge in [0.25, 0.3) is 0 Å². The standard InChI is InChI=1S/C21H25ClN4O2/c22-17-4-1-3-16(15-17)21(7-13-28-14-8-21)19(27)25-18-5-11-26(12-6-18)20-23-9-2-10-24-20/h1-4,9-10,15,18H,5-8,11-14H2,(H,25,27). The molecule has 0 unspecified atom stereocenters. The van der Waals surface area contributed by atoms with Gasteiger partial charge in [0.05, 0.1) is 5.41 Å². The van der Waals surface area contributed by atoms with Gasteiger partial charge >= 0.3 is 0 Å². The van der Waals surface area contributed by atoms with Crippen molar-refractivity contribution in [2.45, 2.75) is 37.1 Å². The zero-order chi connectivity index (χ0) is 19.4. The summed E-state index contributed by atoms with van der Waals surface area (Å²) in [5, 5.41) is 3.97. The molecular formula is C21H25ClN4O2. The maximum Gasteiger partial charge on any atom is 0.231 e. The molecule has 0 saturated carbocycles. The maximum atomic E-state index is 13.4. The number of nitrogens with one attached hydrogen (secondary N) is 1. The molecule has 6 nitrogen and oxygen atoms in total. The number of halogens is 1. The highest BCUT2D eigenvalue weighted by Gasteiger charge is 2.42. The van der Waals surface area contributed by atoms with Crippen LogP contribution in [0.25, 0.3) is 0 Å². The largest absolute Gasteiger partial charge is 0.381 e. The zero-order valence-electron chi connectivity index (χ0n) is 15.8.